The number of benzene rings is 1. The third-order valence-corrected chi connectivity index (χ3v) is 6.54. The van der Waals surface area contributed by atoms with E-state index in [1.54, 1.807) is 12.1 Å². The van der Waals surface area contributed by atoms with E-state index < -0.39 is 22.2 Å². The van der Waals surface area contributed by atoms with Crippen LogP contribution in [0.1, 0.15) is 18.5 Å². The molecule has 1 aliphatic heterocycles. The Hall–Kier alpha value is -2.76. The summed E-state index contributed by atoms with van der Waals surface area (Å²) in [6.07, 6.45) is 1.59. The molecular formula is C21H27N5O5S. The van der Waals surface area contributed by atoms with Gasteiger partial charge in [-0.15, -0.1) is 0 Å². The molecule has 172 valence electrons. The molecule has 1 aromatic heterocycles. The number of urea groups is 1. The minimum Gasteiger partial charge on any atom is -0.395 e. The highest BCUT2D eigenvalue weighted by Crippen LogP contribution is 2.48. The molecule has 11 heteroatoms. The summed E-state index contributed by atoms with van der Waals surface area (Å²) in [5.41, 5.74) is 1.69. The number of aliphatic hydroxyl groups is 1. The maximum absolute atomic E-state index is 11.8. The lowest BCUT2D eigenvalue weighted by atomic mass is 10.0. The maximum atomic E-state index is 11.8. The summed E-state index contributed by atoms with van der Waals surface area (Å²) >= 11 is 0. The number of aliphatic hydroxyl groups excluding tert-OH is 1. The molecule has 0 radical (unpaired) electrons. The summed E-state index contributed by atoms with van der Waals surface area (Å²) in [5, 5.41) is 14.0. The lowest BCUT2D eigenvalue weighted by Crippen LogP contribution is -2.37. The smallest absolute Gasteiger partial charge is 0.319 e. The first kappa shape index (κ1) is 22.4. The Bertz CT molecular complexity index is 1030. The summed E-state index contributed by atoms with van der Waals surface area (Å²) in [6, 6.07) is 8.65. The number of carbonyl (C=O) groups excluding carboxylic acids is 1. The zero-order chi connectivity index (χ0) is 22.6. The fraction of sp³-hybridized carbons (Fsp3) is 0.476. The Labute approximate surface area is 188 Å². The zero-order valence-electron chi connectivity index (χ0n) is 17.6. The highest BCUT2D eigenvalue weighted by atomic mass is 32.2. The van der Waals surface area contributed by atoms with E-state index in [2.05, 4.69) is 15.5 Å². The summed E-state index contributed by atoms with van der Waals surface area (Å²) < 4.78 is 28.4. The van der Waals surface area contributed by atoms with Gasteiger partial charge in [-0.25, -0.2) is 23.2 Å². The summed E-state index contributed by atoms with van der Waals surface area (Å²) in [6.45, 7) is 2.70. The van der Waals surface area contributed by atoms with Crippen LogP contribution in [-0.2, 0) is 20.9 Å². The molecule has 2 amide bonds. The van der Waals surface area contributed by atoms with E-state index in [9.17, 15) is 13.2 Å². The first-order valence-electron chi connectivity index (χ1n) is 10.6. The zero-order valence-corrected chi connectivity index (χ0v) is 18.5. The van der Waals surface area contributed by atoms with Crippen molar-refractivity contribution in [2.24, 2.45) is 0 Å². The second-order valence-electron chi connectivity index (χ2n) is 7.99. The van der Waals surface area contributed by atoms with Crippen LogP contribution in [0.3, 0.4) is 0 Å². The van der Waals surface area contributed by atoms with Gasteiger partial charge in [0.25, 0.3) is 0 Å². The molecule has 32 heavy (non-hydrogen) atoms. The number of nitrogens with one attached hydrogen (secondary N) is 2. The molecule has 1 saturated heterocycles. The quantitative estimate of drug-likeness (QED) is 0.423. The van der Waals surface area contributed by atoms with Gasteiger partial charge in [0.05, 0.1) is 31.3 Å². The molecule has 10 nitrogen and oxygen atoms in total. The van der Waals surface area contributed by atoms with Gasteiger partial charge in [-0.1, -0.05) is 0 Å². The monoisotopic (exact) mass is 461 g/mol. The van der Waals surface area contributed by atoms with E-state index in [-0.39, 0.29) is 18.9 Å². The minimum atomic E-state index is -2.51. The lowest BCUT2D eigenvalue weighted by molar-refractivity contribution is 0.122. The van der Waals surface area contributed by atoms with Gasteiger partial charge in [-0.2, -0.15) is 0 Å². The molecule has 4 rings (SSSR count). The van der Waals surface area contributed by atoms with Crippen molar-refractivity contribution in [1.82, 2.24) is 15.3 Å². The molecule has 1 aromatic carbocycles. The van der Waals surface area contributed by atoms with Gasteiger partial charge < -0.3 is 25.4 Å². The van der Waals surface area contributed by atoms with Crippen molar-refractivity contribution in [1.29, 1.82) is 0 Å². The Morgan fingerprint density at radius 2 is 1.88 bits per heavy atom. The molecule has 2 aromatic rings. The van der Waals surface area contributed by atoms with Crippen LogP contribution in [0.15, 0.2) is 30.3 Å². The number of morpholine rings is 1. The SMILES string of the molecule is O=C(NCCO)Nc1ccc(-c2nc(N3CCOCC3)cc(C3(C[SH](=O)=O)CC3)n2)cc1. The van der Waals surface area contributed by atoms with E-state index in [1.165, 1.54) is 0 Å². The van der Waals surface area contributed by atoms with E-state index in [0.29, 0.717) is 37.8 Å². The van der Waals surface area contributed by atoms with Crippen molar-refractivity contribution in [3.63, 3.8) is 0 Å². The Balaban J connectivity index is 1.62. The van der Waals surface area contributed by atoms with Crippen LogP contribution in [-0.4, -0.2) is 74.7 Å². The second kappa shape index (κ2) is 9.80. The summed E-state index contributed by atoms with van der Waals surface area (Å²) in [4.78, 5) is 23.4. The molecule has 1 aliphatic carbocycles. The first-order chi connectivity index (χ1) is 15.5. The van der Waals surface area contributed by atoms with E-state index >= 15 is 0 Å². The Morgan fingerprint density at radius 3 is 2.50 bits per heavy atom. The third kappa shape index (κ3) is 5.34. The van der Waals surface area contributed by atoms with Gasteiger partial charge in [0.1, 0.15) is 16.5 Å². The van der Waals surface area contributed by atoms with Crippen LogP contribution < -0.4 is 15.5 Å². The van der Waals surface area contributed by atoms with Crippen LogP contribution in [0.5, 0.6) is 0 Å². The van der Waals surface area contributed by atoms with Gasteiger partial charge >= 0.3 is 6.03 Å². The van der Waals surface area contributed by atoms with Crippen LogP contribution in [0.2, 0.25) is 0 Å². The van der Waals surface area contributed by atoms with Crippen molar-refractivity contribution in [3.05, 3.63) is 36.0 Å². The average Bonchev–Trinajstić information content (AvgIpc) is 3.58. The van der Waals surface area contributed by atoms with Gasteiger partial charge in [0, 0.05) is 42.4 Å². The number of hydrogen-bond acceptors (Lipinski definition) is 8. The number of amides is 2. The fourth-order valence-corrected chi connectivity index (χ4v) is 4.70. The number of rotatable bonds is 8. The largest absolute Gasteiger partial charge is 0.395 e. The highest BCUT2D eigenvalue weighted by Gasteiger charge is 2.47. The van der Waals surface area contributed by atoms with E-state index in [4.69, 9.17) is 19.8 Å². The number of ether oxygens (including phenoxy) is 1. The van der Waals surface area contributed by atoms with E-state index in [1.807, 2.05) is 18.2 Å². The second-order valence-corrected chi connectivity index (χ2v) is 8.97. The molecule has 0 unspecified atom stereocenters. The van der Waals surface area contributed by atoms with Crippen LogP contribution in [0.4, 0.5) is 16.3 Å². The number of aromatic nitrogens is 2. The van der Waals surface area contributed by atoms with Crippen molar-refractivity contribution < 1.29 is 23.1 Å². The first-order valence-corrected chi connectivity index (χ1v) is 12.0. The molecule has 1 saturated carbocycles. The van der Waals surface area contributed by atoms with Crippen LogP contribution in [0, 0.1) is 0 Å². The number of carbonyl (C=O) groups is 1. The molecular weight excluding hydrogens is 434 g/mol. The van der Waals surface area contributed by atoms with Crippen molar-refractivity contribution in [3.8, 4) is 11.4 Å². The number of anilines is 2. The van der Waals surface area contributed by atoms with Gasteiger partial charge in [0.15, 0.2) is 5.82 Å². The summed E-state index contributed by atoms with van der Waals surface area (Å²) in [5.74, 6) is 1.38. The van der Waals surface area contributed by atoms with Crippen LogP contribution in [0.25, 0.3) is 11.4 Å². The normalized spacial score (nSPS) is 17.2. The molecule has 3 N–H and O–H groups in total. The molecule has 2 aliphatic rings. The van der Waals surface area contributed by atoms with Gasteiger partial charge in [-0.05, 0) is 37.1 Å². The average molecular weight is 462 g/mol. The predicted molar refractivity (Wildman–Crippen MR) is 121 cm³/mol. The predicted octanol–water partition coefficient (Wildman–Crippen LogP) is 0.737. The lowest BCUT2D eigenvalue weighted by Gasteiger charge is -2.29. The topological polar surface area (TPSA) is 134 Å². The van der Waals surface area contributed by atoms with Crippen molar-refractivity contribution >= 4 is 28.2 Å². The molecule has 0 spiro atoms. The highest BCUT2D eigenvalue weighted by molar-refractivity contribution is 7.72. The number of nitrogens with zero attached hydrogens (tertiary/aromatic N) is 3. The number of hydrogen-bond donors (Lipinski definition) is 4. The van der Waals surface area contributed by atoms with Crippen LogP contribution >= 0.6 is 0 Å². The molecule has 2 heterocycles. The van der Waals surface area contributed by atoms with Gasteiger partial charge in [-0.3, -0.25) is 0 Å². The van der Waals surface area contributed by atoms with Crippen molar-refractivity contribution in [2.75, 3.05) is 55.4 Å². The summed E-state index contributed by atoms with van der Waals surface area (Å²) in [7, 11) is -2.51. The molecule has 2 fully saturated rings. The number of thiol groups is 1. The molecule has 0 bridgehead atoms. The third-order valence-electron chi connectivity index (χ3n) is 5.67. The Kier molecular flexibility index (Phi) is 6.87. The fourth-order valence-electron chi connectivity index (χ4n) is 3.73. The van der Waals surface area contributed by atoms with Crippen molar-refractivity contribution in [2.45, 2.75) is 18.3 Å². The molecule has 0 atom stereocenters. The minimum absolute atomic E-state index is 0.0904. The Morgan fingerprint density at radius 1 is 1.16 bits per heavy atom. The van der Waals surface area contributed by atoms with E-state index in [0.717, 1.165) is 29.9 Å². The maximum Gasteiger partial charge on any atom is 0.319 e. The van der Waals surface area contributed by atoms with Gasteiger partial charge in [0.2, 0.25) is 0 Å². The standard InChI is InChI=1S/C21H27N5O5S/c27-10-7-22-20(28)23-16-3-1-15(2-4-16)19-24-17(21(5-6-21)14-32(29)30)13-18(25-19)26-8-11-31-12-9-26/h1-4,13,27,32H,5-12,14H2,(H2,22,23,28).